The number of hydrogen-bond donors (Lipinski definition) is 2. The number of rotatable bonds is 3. The summed E-state index contributed by atoms with van der Waals surface area (Å²) in [6, 6.07) is 11.0. The van der Waals surface area contributed by atoms with E-state index in [4.69, 9.17) is 5.73 Å². The molecule has 1 heterocycles. The highest BCUT2D eigenvalue weighted by molar-refractivity contribution is 5.94. The Hall–Kier alpha value is -2.40. The van der Waals surface area contributed by atoms with Gasteiger partial charge in [-0.3, -0.25) is 9.59 Å². The molecular formula is C18H19N3O2. The fraction of sp³-hybridized carbons (Fsp3) is 0.333. The zero-order chi connectivity index (χ0) is 16.0. The lowest BCUT2D eigenvalue weighted by atomic mass is 10.1. The third-order valence-electron chi connectivity index (χ3n) is 4.74. The lowest BCUT2D eigenvalue weighted by Gasteiger charge is -2.18. The number of hydrogen-bond acceptors (Lipinski definition) is 3. The Morgan fingerprint density at radius 1 is 1.17 bits per heavy atom. The van der Waals surface area contributed by atoms with Crippen LogP contribution in [-0.2, 0) is 6.42 Å². The van der Waals surface area contributed by atoms with Crippen molar-refractivity contribution >= 4 is 5.91 Å². The smallest absolute Gasteiger partial charge is 0.253 e. The second-order valence-corrected chi connectivity index (χ2v) is 6.40. The molecule has 4 rings (SSSR count). The van der Waals surface area contributed by atoms with Gasteiger partial charge < -0.3 is 15.6 Å². The van der Waals surface area contributed by atoms with Gasteiger partial charge in [0.1, 0.15) is 0 Å². The maximum Gasteiger partial charge on any atom is 0.253 e. The summed E-state index contributed by atoms with van der Waals surface area (Å²) in [5.74, 6) is -0.173. The van der Waals surface area contributed by atoms with Crippen LogP contribution in [0.5, 0.6) is 0 Å². The standard InChI is InChI=1S/C18H19N3O2/c19-17-14-4-2-1-3-11(14)9-15(17)20-18(23)12-5-8-16(22)21(10-12)13-6-7-13/h1-5,8,10,13,15,17H,6-7,9,19H2,(H,20,23)/t15-,17-/m1/s1. The molecule has 0 radical (unpaired) electrons. The van der Waals surface area contributed by atoms with Crippen LogP contribution in [0.15, 0.2) is 47.4 Å². The van der Waals surface area contributed by atoms with Crippen molar-refractivity contribution in [2.24, 2.45) is 5.73 Å². The van der Waals surface area contributed by atoms with Crippen LogP contribution in [0.3, 0.4) is 0 Å². The summed E-state index contributed by atoms with van der Waals surface area (Å²) in [6.07, 6.45) is 4.43. The highest BCUT2D eigenvalue weighted by Crippen LogP contribution is 2.33. The van der Waals surface area contributed by atoms with Crippen molar-refractivity contribution in [2.45, 2.75) is 37.4 Å². The van der Waals surface area contributed by atoms with Crippen molar-refractivity contribution in [3.05, 3.63) is 69.6 Å². The highest BCUT2D eigenvalue weighted by atomic mass is 16.2. The molecule has 0 bridgehead atoms. The van der Waals surface area contributed by atoms with Crippen molar-refractivity contribution in [1.29, 1.82) is 0 Å². The molecule has 0 saturated heterocycles. The van der Waals surface area contributed by atoms with Gasteiger partial charge in [-0.2, -0.15) is 0 Å². The van der Waals surface area contributed by atoms with Gasteiger partial charge in [0.15, 0.2) is 0 Å². The Balaban J connectivity index is 1.53. The maximum atomic E-state index is 12.5. The minimum Gasteiger partial charge on any atom is -0.347 e. The van der Waals surface area contributed by atoms with E-state index in [9.17, 15) is 9.59 Å². The molecule has 118 valence electrons. The van der Waals surface area contributed by atoms with Crippen LogP contribution in [-0.4, -0.2) is 16.5 Å². The van der Waals surface area contributed by atoms with E-state index in [0.717, 1.165) is 24.8 Å². The largest absolute Gasteiger partial charge is 0.347 e. The first kappa shape index (κ1) is 14.2. The van der Waals surface area contributed by atoms with Gasteiger partial charge in [-0.15, -0.1) is 0 Å². The monoisotopic (exact) mass is 309 g/mol. The van der Waals surface area contributed by atoms with Gasteiger partial charge >= 0.3 is 0 Å². The molecule has 2 aliphatic carbocycles. The molecule has 2 aromatic rings. The zero-order valence-corrected chi connectivity index (χ0v) is 12.7. The number of nitrogens with one attached hydrogen (secondary N) is 1. The molecule has 1 aromatic heterocycles. The first-order valence-corrected chi connectivity index (χ1v) is 8.00. The number of pyridine rings is 1. The van der Waals surface area contributed by atoms with Crippen LogP contribution in [0.4, 0.5) is 0 Å². The van der Waals surface area contributed by atoms with Gasteiger partial charge in [0.2, 0.25) is 0 Å². The number of carbonyl (C=O) groups excluding carboxylic acids is 1. The van der Waals surface area contributed by atoms with Gasteiger partial charge in [-0.25, -0.2) is 0 Å². The van der Waals surface area contributed by atoms with E-state index in [1.165, 1.54) is 11.6 Å². The van der Waals surface area contributed by atoms with Crippen LogP contribution in [0.1, 0.15) is 46.4 Å². The molecule has 0 spiro atoms. The van der Waals surface area contributed by atoms with E-state index in [1.807, 2.05) is 18.2 Å². The fourth-order valence-electron chi connectivity index (χ4n) is 3.29. The first-order chi connectivity index (χ1) is 11.1. The van der Waals surface area contributed by atoms with Crippen LogP contribution in [0.2, 0.25) is 0 Å². The summed E-state index contributed by atoms with van der Waals surface area (Å²) in [4.78, 5) is 24.4. The SMILES string of the molecule is N[C@@H]1c2ccccc2C[C@H]1NC(=O)c1ccc(=O)n(C2CC2)c1. The zero-order valence-electron chi connectivity index (χ0n) is 12.7. The molecule has 5 heteroatoms. The fourth-order valence-corrected chi connectivity index (χ4v) is 3.29. The van der Waals surface area contributed by atoms with E-state index in [0.29, 0.717) is 5.56 Å². The van der Waals surface area contributed by atoms with Gasteiger partial charge in [0.25, 0.3) is 11.5 Å². The quantitative estimate of drug-likeness (QED) is 0.903. The summed E-state index contributed by atoms with van der Waals surface area (Å²) in [6.45, 7) is 0. The molecular weight excluding hydrogens is 290 g/mol. The summed E-state index contributed by atoms with van der Waals surface area (Å²) in [7, 11) is 0. The Morgan fingerprint density at radius 3 is 2.70 bits per heavy atom. The van der Waals surface area contributed by atoms with Crippen molar-refractivity contribution in [2.75, 3.05) is 0 Å². The summed E-state index contributed by atoms with van der Waals surface area (Å²) < 4.78 is 1.66. The number of benzene rings is 1. The molecule has 3 N–H and O–H groups in total. The molecule has 1 fully saturated rings. The molecule has 1 saturated carbocycles. The van der Waals surface area contributed by atoms with E-state index in [-0.39, 0.29) is 29.6 Å². The number of fused-ring (bicyclic) bond motifs is 1. The molecule has 23 heavy (non-hydrogen) atoms. The van der Waals surface area contributed by atoms with E-state index in [1.54, 1.807) is 16.8 Å². The van der Waals surface area contributed by atoms with Gasteiger partial charge in [-0.05, 0) is 36.5 Å². The molecule has 1 amide bonds. The molecule has 2 aliphatic rings. The minimum atomic E-state index is -0.190. The third kappa shape index (κ3) is 2.57. The summed E-state index contributed by atoms with van der Waals surface area (Å²) in [5, 5.41) is 3.02. The first-order valence-electron chi connectivity index (χ1n) is 8.00. The number of carbonyl (C=O) groups is 1. The number of amides is 1. The molecule has 0 unspecified atom stereocenters. The predicted octanol–water partition coefficient (Wildman–Crippen LogP) is 1.54. The van der Waals surface area contributed by atoms with Gasteiger partial charge in [-0.1, -0.05) is 24.3 Å². The molecule has 0 aliphatic heterocycles. The lowest BCUT2D eigenvalue weighted by Crippen LogP contribution is -2.41. The third-order valence-corrected chi connectivity index (χ3v) is 4.74. The second kappa shape index (κ2) is 5.35. The van der Waals surface area contributed by atoms with Gasteiger partial charge in [0, 0.05) is 18.3 Å². The topological polar surface area (TPSA) is 77.1 Å². The average molecular weight is 309 g/mol. The summed E-state index contributed by atoms with van der Waals surface area (Å²) in [5.41, 5.74) is 9.01. The Labute approximate surface area is 134 Å². The lowest BCUT2D eigenvalue weighted by molar-refractivity contribution is 0.0932. The Kier molecular flexibility index (Phi) is 3.31. The Bertz CT molecular complexity index is 823. The van der Waals surface area contributed by atoms with E-state index >= 15 is 0 Å². The number of nitrogens with zero attached hydrogens (tertiary/aromatic N) is 1. The molecule has 1 aromatic carbocycles. The van der Waals surface area contributed by atoms with Crippen LogP contribution in [0, 0.1) is 0 Å². The predicted molar refractivity (Wildman–Crippen MR) is 87.3 cm³/mol. The molecule has 5 nitrogen and oxygen atoms in total. The van der Waals surface area contributed by atoms with Crippen molar-refractivity contribution in [3.63, 3.8) is 0 Å². The summed E-state index contributed by atoms with van der Waals surface area (Å²) >= 11 is 0. The number of aromatic nitrogens is 1. The molecule has 2 atom stereocenters. The normalized spacial score (nSPS) is 22.7. The second-order valence-electron chi connectivity index (χ2n) is 6.40. The van der Waals surface area contributed by atoms with Crippen LogP contribution in [0.25, 0.3) is 0 Å². The maximum absolute atomic E-state index is 12.5. The number of nitrogens with two attached hydrogens (primary N) is 1. The Morgan fingerprint density at radius 2 is 1.96 bits per heavy atom. The minimum absolute atomic E-state index is 0.0472. The van der Waals surface area contributed by atoms with Crippen LogP contribution >= 0.6 is 0 Å². The van der Waals surface area contributed by atoms with Gasteiger partial charge in [0.05, 0.1) is 17.6 Å². The highest BCUT2D eigenvalue weighted by Gasteiger charge is 2.31. The van der Waals surface area contributed by atoms with E-state index < -0.39 is 0 Å². The van der Waals surface area contributed by atoms with Crippen molar-refractivity contribution < 1.29 is 4.79 Å². The van der Waals surface area contributed by atoms with Crippen molar-refractivity contribution in [3.8, 4) is 0 Å². The average Bonchev–Trinajstić information content (AvgIpc) is 3.34. The van der Waals surface area contributed by atoms with Crippen LogP contribution < -0.4 is 16.6 Å². The van der Waals surface area contributed by atoms with E-state index in [2.05, 4.69) is 11.4 Å². The van der Waals surface area contributed by atoms with Crippen molar-refractivity contribution in [1.82, 2.24) is 9.88 Å².